The van der Waals surface area contributed by atoms with Gasteiger partial charge >= 0.3 is 0 Å². The second kappa shape index (κ2) is 9.79. The van der Waals surface area contributed by atoms with Gasteiger partial charge in [-0.3, -0.25) is 0 Å². The first kappa shape index (κ1) is 12.7. The third-order valence-corrected chi connectivity index (χ3v) is 3.22. The molecule has 0 bridgehead atoms. The Morgan fingerprint density at radius 2 is 1.83 bits per heavy atom. The minimum atomic E-state index is 0.589. The Labute approximate surface area is 87.3 Å². The third kappa shape index (κ3) is 10.7. The molecule has 0 N–H and O–H groups in total. The Hall–Kier alpha value is 0.700. The molecule has 0 fully saturated rings. The van der Waals surface area contributed by atoms with Crippen molar-refractivity contribution in [2.24, 2.45) is 0 Å². The van der Waals surface area contributed by atoms with Crippen molar-refractivity contribution < 1.29 is 0 Å². The van der Waals surface area contributed by atoms with Crippen molar-refractivity contribution in [3.8, 4) is 0 Å². The molecule has 12 heavy (non-hydrogen) atoms. The van der Waals surface area contributed by atoms with Crippen LogP contribution in [0, 0.1) is 0 Å². The Bertz CT molecular complexity index is 81.9. The van der Waals surface area contributed by atoms with Crippen LogP contribution in [0.3, 0.4) is 0 Å². The molecule has 0 heterocycles. The molecule has 0 rings (SSSR count). The van der Waals surface area contributed by atoms with Crippen LogP contribution in [0.4, 0.5) is 0 Å². The summed E-state index contributed by atoms with van der Waals surface area (Å²) in [5, 5.41) is 0.589. The molecule has 0 nitrogen and oxygen atoms in total. The van der Waals surface area contributed by atoms with E-state index < -0.39 is 0 Å². The number of hydrogen-bond acceptors (Lipinski definition) is 2. The molecule has 0 spiro atoms. The molecule has 1 atom stereocenters. The van der Waals surface area contributed by atoms with Gasteiger partial charge < -0.3 is 0 Å². The van der Waals surface area contributed by atoms with E-state index in [1.54, 1.807) is 0 Å². The first-order chi connectivity index (χ1) is 5.77. The van der Waals surface area contributed by atoms with Gasteiger partial charge in [0, 0.05) is 0 Å². The summed E-state index contributed by atoms with van der Waals surface area (Å²) < 4.78 is 0. The van der Waals surface area contributed by atoms with E-state index in [1.807, 2.05) is 0 Å². The van der Waals surface area contributed by atoms with Crippen molar-refractivity contribution in [1.29, 1.82) is 0 Å². The monoisotopic (exact) mass is 206 g/mol. The number of thiol groups is 1. The number of hydrogen-bond donors (Lipinski definition) is 1. The van der Waals surface area contributed by atoms with Gasteiger partial charge in [-0.05, 0) is 36.0 Å². The Morgan fingerprint density at radius 1 is 1.17 bits per heavy atom. The lowest BCUT2D eigenvalue weighted by atomic mass is 10.2. The first-order valence-electron chi connectivity index (χ1n) is 5.03. The predicted molar refractivity (Wildman–Crippen MR) is 64.5 cm³/mol. The summed E-state index contributed by atoms with van der Waals surface area (Å²) in [5.41, 5.74) is 0. The van der Waals surface area contributed by atoms with E-state index in [9.17, 15) is 0 Å². The molecule has 0 amide bonds. The van der Waals surface area contributed by atoms with Crippen LogP contribution in [0.5, 0.6) is 0 Å². The summed E-state index contributed by atoms with van der Waals surface area (Å²) in [4.78, 5) is 0. The predicted octanol–water partition coefficient (Wildman–Crippen LogP) is 4.01. The van der Waals surface area contributed by atoms with Crippen molar-refractivity contribution in [3.05, 3.63) is 0 Å². The fraction of sp³-hybridized carbons (Fsp3) is 1.00. The Kier molecular flexibility index (Phi) is 10.4. The number of rotatable bonds is 8. The lowest BCUT2D eigenvalue weighted by molar-refractivity contribution is 0.720. The molecule has 1 unspecified atom stereocenters. The van der Waals surface area contributed by atoms with Crippen LogP contribution in [0.2, 0.25) is 0 Å². The van der Waals surface area contributed by atoms with Crippen LogP contribution in [-0.4, -0.2) is 16.8 Å². The highest BCUT2D eigenvalue weighted by Crippen LogP contribution is 2.11. The van der Waals surface area contributed by atoms with E-state index in [1.165, 1.54) is 43.6 Å². The molecule has 0 saturated carbocycles. The van der Waals surface area contributed by atoms with E-state index >= 15 is 0 Å². The van der Waals surface area contributed by atoms with Gasteiger partial charge in [0.05, 0.1) is 0 Å². The highest BCUT2D eigenvalue weighted by atomic mass is 32.2. The fourth-order valence-corrected chi connectivity index (χ4v) is 2.28. The van der Waals surface area contributed by atoms with Crippen LogP contribution in [0.1, 0.15) is 46.0 Å². The van der Waals surface area contributed by atoms with Crippen molar-refractivity contribution in [1.82, 2.24) is 0 Å². The van der Waals surface area contributed by atoms with Gasteiger partial charge in [0.1, 0.15) is 0 Å². The van der Waals surface area contributed by atoms with Gasteiger partial charge in [-0.2, -0.15) is 24.4 Å². The number of thioether (sulfide) groups is 1. The van der Waals surface area contributed by atoms with Crippen LogP contribution in [-0.2, 0) is 0 Å². The van der Waals surface area contributed by atoms with Gasteiger partial charge in [-0.1, -0.05) is 26.7 Å². The van der Waals surface area contributed by atoms with Crippen LogP contribution in [0.15, 0.2) is 0 Å². The molecule has 74 valence electrons. The highest BCUT2D eigenvalue weighted by Gasteiger charge is 1.94. The van der Waals surface area contributed by atoms with Crippen LogP contribution >= 0.6 is 24.4 Å². The first-order valence-corrected chi connectivity index (χ1v) is 6.70. The lowest BCUT2D eigenvalue weighted by Gasteiger charge is -2.03. The zero-order chi connectivity index (χ0) is 9.23. The minimum absolute atomic E-state index is 0.589. The van der Waals surface area contributed by atoms with Gasteiger partial charge in [-0.25, -0.2) is 0 Å². The minimum Gasteiger partial charge on any atom is -0.176 e. The maximum atomic E-state index is 4.35. The maximum absolute atomic E-state index is 4.35. The van der Waals surface area contributed by atoms with E-state index in [4.69, 9.17) is 0 Å². The summed E-state index contributed by atoms with van der Waals surface area (Å²) in [7, 11) is 0. The molecule has 0 aliphatic rings. The Morgan fingerprint density at radius 3 is 2.42 bits per heavy atom. The van der Waals surface area contributed by atoms with Gasteiger partial charge in [0.15, 0.2) is 0 Å². The Balaban J connectivity index is 2.82. The molecule has 0 aliphatic carbocycles. The van der Waals surface area contributed by atoms with E-state index in [2.05, 4.69) is 38.2 Å². The van der Waals surface area contributed by atoms with Crippen LogP contribution < -0.4 is 0 Å². The summed E-state index contributed by atoms with van der Waals surface area (Å²) in [6.07, 6.45) is 6.72. The lowest BCUT2D eigenvalue weighted by Crippen LogP contribution is -1.91. The summed E-state index contributed by atoms with van der Waals surface area (Å²) in [6.45, 7) is 4.43. The molecular formula is C10H22S2. The molecule has 2 heteroatoms. The number of unbranched alkanes of at least 4 members (excludes halogenated alkanes) is 2. The second-order valence-electron chi connectivity index (χ2n) is 3.31. The van der Waals surface area contributed by atoms with Gasteiger partial charge in [0.2, 0.25) is 0 Å². The average molecular weight is 206 g/mol. The molecule has 0 aromatic carbocycles. The van der Waals surface area contributed by atoms with Gasteiger partial charge in [0.25, 0.3) is 0 Å². The van der Waals surface area contributed by atoms with Crippen molar-refractivity contribution in [2.75, 3.05) is 11.5 Å². The molecule has 0 aromatic rings. The van der Waals surface area contributed by atoms with Crippen molar-refractivity contribution in [3.63, 3.8) is 0 Å². The summed E-state index contributed by atoms with van der Waals surface area (Å²) >= 11 is 6.45. The summed E-state index contributed by atoms with van der Waals surface area (Å²) in [5.74, 6) is 2.70. The zero-order valence-electron chi connectivity index (χ0n) is 8.38. The third-order valence-electron chi connectivity index (χ3n) is 1.80. The van der Waals surface area contributed by atoms with E-state index in [0.717, 1.165) is 0 Å². The summed E-state index contributed by atoms with van der Waals surface area (Å²) in [6, 6.07) is 0. The van der Waals surface area contributed by atoms with E-state index in [0.29, 0.717) is 5.25 Å². The smallest absolute Gasteiger partial charge is 0.00116 e. The van der Waals surface area contributed by atoms with E-state index in [-0.39, 0.29) is 0 Å². The van der Waals surface area contributed by atoms with Crippen molar-refractivity contribution in [2.45, 2.75) is 51.2 Å². The normalized spacial score (nSPS) is 13.2. The fourth-order valence-electron chi connectivity index (χ4n) is 0.992. The average Bonchev–Trinajstić information content (AvgIpc) is 2.02. The molecule has 0 aliphatic heterocycles. The maximum Gasteiger partial charge on any atom is -0.00116 e. The molecule has 0 aromatic heterocycles. The topological polar surface area (TPSA) is 0 Å². The molecular weight excluding hydrogens is 184 g/mol. The zero-order valence-corrected chi connectivity index (χ0v) is 10.1. The highest BCUT2D eigenvalue weighted by molar-refractivity contribution is 7.99. The van der Waals surface area contributed by atoms with Crippen molar-refractivity contribution >= 4 is 24.4 Å². The second-order valence-corrected chi connectivity index (χ2v) is 5.42. The van der Waals surface area contributed by atoms with Crippen LogP contribution in [0.25, 0.3) is 0 Å². The SMILES string of the molecule is CCCCSCCCCC(C)S. The largest absolute Gasteiger partial charge is 0.176 e. The quantitative estimate of drug-likeness (QED) is 0.462. The molecule has 0 radical (unpaired) electrons. The molecule has 0 saturated heterocycles. The standard InChI is InChI=1S/C10H22S2/c1-3-4-8-12-9-6-5-7-10(2)11/h10-11H,3-9H2,1-2H3. The van der Waals surface area contributed by atoms with Gasteiger partial charge in [-0.15, -0.1) is 0 Å².